The quantitative estimate of drug-likeness (QED) is 0.401. The van der Waals surface area contributed by atoms with Crippen molar-refractivity contribution in [3.8, 4) is 11.4 Å². The number of nitrogens with one attached hydrogen (secondary N) is 1. The van der Waals surface area contributed by atoms with Gasteiger partial charge in [-0.1, -0.05) is 60.6 Å². The van der Waals surface area contributed by atoms with Crippen LogP contribution in [-0.2, 0) is 24.3 Å². The van der Waals surface area contributed by atoms with E-state index in [1.54, 1.807) is 0 Å². The Morgan fingerprint density at radius 2 is 1.88 bits per heavy atom. The summed E-state index contributed by atoms with van der Waals surface area (Å²) in [6.07, 6.45) is 4.48. The van der Waals surface area contributed by atoms with Crippen molar-refractivity contribution in [1.29, 1.82) is 0 Å². The molecule has 174 valence electrons. The number of hydrogen-bond donors (Lipinski definition) is 1. The molecule has 1 aliphatic rings. The first-order chi connectivity index (χ1) is 16.7. The first kappa shape index (κ1) is 22.3. The zero-order valence-corrected chi connectivity index (χ0v) is 20.0. The number of benzene rings is 2. The average molecular weight is 474 g/mol. The molecule has 4 aromatic rings. The Morgan fingerprint density at radius 3 is 2.76 bits per heavy atom. The minimum atomic E-state index is -0.0888. The number of thioether (sulfide) groups is 1. The van der Waals surface area contributed by atoms with E-state index in [0.717, 1.165) is 59.7 Å². The normalized spacial score (nSPS) is 13.3. The van der Waals surface area contributed by atoms with Crippen molar-refractivity contribution >= 4 is 23.4 Å². The lowest BCUT2D eigenvalue weighted by atomic mass is 10.2. The van der Waals surface area contributed by atoms with E-state index in [1.807, 2.05) is 54.0 Å². The SMILES string of the molecule is Cc1nnc(SCC(=O)Nc2cccc(-c3nnc4n3CCCCC4)c2)n1Cc1ccccc1. The van der Waals surface area contributed by atoms with Crippen LogP contribution in [0.25, 0.3) is 11.4 Å². The van der Waals surface area contributed by atoms with E-state index >= 15 is 0 Å². The molecule has 1 amide bonds. The molecule has 34 heavy (non-hydrogen) atoms. The Kier molecular flexibility index (Phi) is 6.71. The number of fused-ring (bicyclic) bond motifs is 1. The third-order valence-electron chi connectivity index (χ3n) is 5.93. The number of aromatic nitrogens is 6. The lowest BCUT2D eigenvalue weighted by Crippen LogP contribution is -2.15. The third-order valence-corrected chi connectivity index (χ3v) is 6.90. The molecule has 0 radical (unpaired) electrons. The predicted molar refractivity (Wildman–Crippen MR) is 133 cm³/mol. The smallest absolute Gasteiger partial charge is 0.234 e. The van der Waals surface area contributed by atoms with Gasteiger partial charge in [0, 0.05) is 24.2 Å². The Morgan fingerprint density at radius 1 is 1.00 bits per heavy atom. The van der Waals surface area contributed by atoms with Crippen LogP contribution in [0, 0.1) is 6.92 Å². The van der Waals surface area contributed by atoms with Crippen molar-refractivity contribution in [1.82, 2.24) is 29.5 Å². The number of aryl methyl sites for hydroxylation is 2. The molecule has 0 atom stereocenters. The lowest BCUT2D eigenvalue weighted by molar-refractivity contribution is -0.113. The van der Waals surface area contributed by atoms with Gasteiger partial charge in [-0.05, 0) is 37.5 Å². The van der Waals surface area contributed by atoms with E-state index < -0.39 is 0 Å². The molecule has 2 aromatic heterocycles. The minimum Gasteiger partial charge on any atom is -0.325 e. The summed E-state index contributed by atoms with van der Waals surface area (Å²) in [5, 5.41) is 21.0. The van der Waals surface area contributed by atoms with Gasteiger partial charge in [0.15, 0.2) is 11.0 Å². The lowest BCUT2D eigenvalue weighted by Gasteiger charge is -2.10. The van der Waals surface area contributed by atoms with Crippen LogP contribution in [0.15, 0.2) is 59.8 Å². The highest BCUT2D eigenvalue weighted by molar-refractivity contribution is 7.99. The van der Waals surface area contributed by atoms with Crippen LogP contribution in [-0.4, -0.2) is 41.2 Å². The molecule has 8 nitrogen and oxygen atoms in total. The Labute approximate surface area is 202 Å². The minimum absolute atomic E-state index is 0.0888. The van der Waals surface area contributed by atoms with E-state index in [1.165, 1.54) is 23.7 Å². The molecule has 3 heterocycles. The highest BCUT2D eigenvalue weighted by Crippen LogP contribution is 2.25. The maximum Gasteiger partial charge on any atom is 0.234 e. The van der Waals surface area contributed by atoms with Crippen LogP contribution in [0.1, 0.15) is 36.5 Å². The first-order valence-electron chi connectivity index (χ1n) is 11.6. The summed E-state index contributed by atoms with van der Waals surface area (Å²) in [6, 6.07) is 18.0. The number of amides is 1. The Balaban J connectivity index is 1.24. The predicted octanol–water partition coefficient (Wildman–Crippen LogP) is 4.35. The van der Waals surface area contributed by atoms with Crippen molar-refractivity contribution in [2.75, 3.05) is 11.1 Å². The molecular formula is C25H27N7OS. The number of carbonyl (C=O) groups is 1. The molecule has 0 unspecified atom stereocenters. The van der Waals surface area contributed by atoms with Gasteiger partial charge in [0.25, 0.3) is 0 Å². The number of anilines is 1. The van der Waals surface area contributed by atoms with Crippen molar-refractivity contribution in [2.45, 2.75) is 50.9 Å². The number of carbonyl (C=O) groups excluding carboxylic acids is 1. The van der Waals surface area contributed by atoms with E-state index in [2.05, 4.69) is 42.4 Å². The summed E-state index contributed by atoms with van der Waals surface area (Å²) in [5.41, 5.74) is 2.88. The second-order valence-corrected chi connectivity index (χ2v) is 9.36. The van der Waals surface area contributed by atoms with Gasteiger partial charge in [0.1, 0.15) is 11.6 Å². The van der Waals surface area contributed by atoms with Crippen LogP contribution < -0.4 is 5.32 Å². The summed E-state index contributed by atoms with van der Waals surface area (Å²) < 4.78 is 4.25. The van der Waals surface area contributed by atoms with Gasteiger partial charge in [-0.25, -0.2) is 0 Å². The van der Waals surface area contributed by atoms with Gasteiger partial charge in [-0.15, -0.1) is 20.4 Å². The van der Waals surface area contributed by atoms with Crippen LogP contribution in [0.2, 0.25) is 0 Å². The van der Waals surface area contributed by atoms with Gasteiger partial charge >= 0.3 is 0 Å². The number of nitrogens with zero attached hydrogens (tertiary/aromatic N) is 6. The Bertz CT molecular complexity index is 1280. The van der Waals surface area contributed by atoms with Gasteiger partial charge in [-0.2, -0.15) is 0 Å². The molecule has 0 bridgehead atoms. The molecule has 0 saturated heterocycles. The van der Waals surface area contributed by atoms with E-state index in [4.69, 9.17) is 0 Å². The van der Waals surface area contributed by atoms with Crippen molar-refractivity contribution < 1.29 is 4.79 Å². The number of hydrogen-bond acceptors (Lipinski definition) is 6. The summed E-state index contributed by atoms with van der Waals surface area (Å²) >= 11 is 1.39. The fourth-order valence-electron chi connectivity index (χ4n) is 4.18. The highest BCUT2D eigenvalue weighted by atomic mass is 32.2. The summed E-state index contributed by atoms with van der Waals surface area (Å²) in [7, 11) is 0. The van der Waals surface area contributed by atoms with Gasteiger partial charge in [0.05, 0.1) is 12.3 Å². The van der Waals surface area contributed by atoms with Crippen molar-refractivity contribution in [2.24, 2.45) is 0 Å². The third kappa shape index (κ3) is 5.04. The first-order valence-corrected chi connectivity index (χ1v) is 12.5. The Hall–Kier alpha value is -3.46. The summed E-state index contributed by atoms with van der Waals surface area (Å²) in [6.45, 7) is 3.54. The molecule has 9 heteroatoms. The molecular weight excluding hydrogens is 446 g/mol. The molecule has 2 aromatic carbocycles. The zero-order valence-electron chi connectivity index (χ0n) is 19.1. The topological polar surface area (TPSA) is 90.5 Å². The number of rotatable bonds is 7. The molecule has 0 fully saturated rings. The van der Waals surface area contributed by atoms with Gasteiger partial charge in [-0.3, -0.25) is 4.79 Å². The van der Waals surface area contributed by atoms with Gasteiger partial charge in [0.2, 0.25) is 5.91 Å². The average Bonchev–Trinajstić information content (AvgIpc) is 3.33. The second-order valence-electron chi connectivity index (χ2n) is 8.42. The van der Waals surface area contributed by atoms with Crippen molar-refractivity contribution in [3.05, 3.63) is 71.8 Å². The fourth-order valence-corrected chi connectivity index (χ4v) is 4.96. The van der Waals surface area contributed by atoms with E-state index in [-0.39, 0.29) is 11.7 Å². The molecule has 0 aliphatic carbocycles. The maximum atomic E-state index is 12.7. The molecule has 0 spiro atoms. The molecule has 1 N–H and O–H groups in total. The largest absolute Gasteiger partial charge is 0.325 e. The van der Waals surface area contributed by atoms with Crippen LogP contribution >= 0.6 is 11.8 Å². The van der Waals surface area contributed by atoms with E-state index in [9.17, 15) is 4.79 Å². The molecule has 1 aliphatic heterocycles. The van der Waals surface area contributed by atoms with E-state index in [0.29, 0.717) is 6.54 Å². The standard InChI is InChI=1S/C25H27N7OS/c1-18-27-30-25(32(18)16-19-9-4-2-5-10-19)34-17-23(33)26-21-12-8-11-20(15-21)24-29-28-22-13-6-3-7-14-31(22)24/h2,4-5,8-12,15H,3,6-7,13-14,16-17H2,1H3,(H,26,33). The summed E-state index contributed by atoms with van der Waals surface area (Å²) in [4.78, 5) is 12.7. The molecule has 0 saturated carbocycles. The van der Waals surface area contributed by atoms with Gasteiger partial charge < -0.3 is 14.5 Å². The van der Waals surface area contributed by atoms with Crippen LogP contribution in [0.4, 0.5) is 5.69 Å². The van der Waals surface area contributed by atoms with Crippen molar-refractivity contribution in [3.63, 3.8) is 0 Å². The fraction of sp³-hybridized carbons (Fsp3) is 0.320. The highest BCUT2D eigenvalue weighted by Gasteiger charge is 2.17. The zero-order chi connectivity index (χ0) is 23.3. The molecule has 5 rings (SSSR count). The maximum absolute atomic E-state index is 12.7. The second kappa shape index (κ2) is 10.2. The monoisotopic (exact) mass is 473 g/mol. The van der Waals surface area contributed by atoms with Crippen LogP contribution in [0.5, 0.6) is 0 Å². The van der Waals surface area contributed by atoms with Crippen LogP contribution in [0.3, 0.4) is 0 Å². The summed E-state index contributed by atoms with van der Waals surface area (Å²) in [5.74, 6) is 2.90.